The second-order valence-electron chi connectivity index (χ2n) is 5.55. The second kappa shape index (κ2) is 4.93. The molecule has 0 spiro atoms. The number of benzene rings is 1. The number of nitrogens with one attached hydrogen (secondary N) is 1. The van der Waals surface area contributed by atoms with Gasteiger partial charge in [-0.3, -0.25) is 5.73 Å². The lowest BCUT2D eigenvalue weighted by atomic mass is 10.0. The van der Waals surface area contributed by atoms with Gasteiger partial charge in [-0.15, -0.1) is 0 Å². The first-order chi connectivity index (χ1) is 10.0. The van der Waals surface area contributed by atoms with E-state index in [4.69, 9.17) is 11.5 Å². The number of aliphatic imine (C=N–C) groups is 1. The zero-order chi connectivity index (χ0) is 15.0. The molecule has 0 fully saturated rings. The highest BCUT2D eigenvalue weighted by Crippen LogP contribution is 2.26. The van der Waals surface area contributed by atoms with Gasteiger partial charge in [0.15, 0.2) is 0 Å². The molecular weight excluding hydrogens is 262 g/mol. The van der Waals surface area contributed by atoms with E-state index in [1.54, 1.807) is 0 Å². The van der Waals surface area contributed by atoms with Crippen LogP contribution < -0.4 is 16.8 Å². The maximum atomic E-state index is 6.47. The monoisotopic (exact) mass is 283 g/mol. The molecule has 1 aliphatic rings. The Morgan fingerprint density at radius 1 is 1.33 bits per heavy atom. The highest BCUT2D eigenvalue weighted by atomic mass is 15.3. The molecule has 1 atom stereocenters. The predicted molar refractivity (Wildman–Crippen MR) is 86.5 cm³/mol. The Balaban J connectivity index is 2.04. The van der Waals surface area contributed by atoms with Crippen molar-refractivity contribution in [2.75, 3.05) is 0 Å². The van der Waals surface area contributed by atoms with E-state index in [0.29, 0.717) is 5.84 Å². The summed E-state index contributed by atoms with van der Waals surface area (Å²) in [5.41, 5.74) is 15.5. The molecule has 0 amide bonds. The fourth-order valence-corrected chi connectivity index (χ4v) is 2.76. The summed E-state index contributed by atoms with van der Waals surface area (Å²) >= 11 is 0. The van der Waals surface area contributed by atoms with Crippen molar-refractivity contribution in [1.82, 2.24) is 9.88 Å². The third-order valence-corrected chi connectivity index (χ3v) is 3.83. The van der Waals surface area contributed by atoms with Crippen molar-refractivity contribution in [2.24, 2.45) is 23.5 Å². The lowest BCUT2D eigenvalue weighted by molar-refractivity contribution is 0.387. The molecule has 5 heteroatoms. The van der Waals surface area contributed by atoms with Gasteiger partial charge in [-0.25, -0.2) is 4.99 Å². The van der Waals surface area contributed by atoms with Gasteiger partial charge in [-0.1, -0.05) is 25.5 Å². The average Bonchev–Trinajstić information content (AvgIpc) is 2.79. The maximum absolute atomic E-state index is 6.47. The number of fused-ring (bicyclic) bond motifs is 1. The SMILES string of the molecule is CCCC1=CC(N)=NC(N)(c2ccc3ccn(C)c3c2)N1. The van der Waals surface area contributed by atoms with Crippen LogP contribution in [0.4, 0.5) is 0 Å². The van der Waals surface area contributed by atoms with Crippen molar-refractivity contribution in [2.45, 2.75) is 25.6 Å². The molecule has 5 N–H and O–H groups in total. The quantitative estimate of drug-likeness (QED) is 0.804. The molecule has 2 aromatic rings. The Kier molecular flexibility index (Phi) is 3.22. The summed E-state index contributed by atoms with van der Waals surface area (Å²) in [7, 11) is 2.02. The van der Waals surface area contributed by atoms with E-state index in [0.717, 1.165) is 29.6 Å². The first kappa shape index (κ1) is 13.7. The molecule has 1 aliphatic heterocycles. The minimum atomic E-state index is -0.998. The van der Waals surface area contributed by atoms with Crippen LogP contribution in [0.1, 0.15) is 25.3 Å². The topological polar surface area (TPSA) is 81.4 Å². The number of aromatic nitrogens is 1. The van der Waals surface area contributed by atoms with E-state index in [1.165, 1.54) is 5.39 Å². The summed E-state index contributed by atoms with van der Waals surface area (Å²) in [6, 6.07) is 8.20. The molecule has 0 bridgehead atoms. The number of allylic oxidation sites excluding steroid dienone is 1. The third-order valence-electron chi connectivity index (χ3n) is 3.83. The standard InChI is InChI=1S/C16H21N5/c1-3-4-13-10-15(17)20-16(18,19-13)12-6-5-11-7-8-21(2)14(11)9-12/h5-10,19H,3-4,18H2,1-2H3,(H2,17,20). The van der Waals surface area contributed by atoms with Crippen LogP contribution >= 0.6 is 0 Å². The minimum Gasteiger partial charge on any atom is -0.384 e. The van der Waals surface area contributed by atoms with Gasteiger partial charge >= 0.3 is 0 Å². The van der Waals surface area contributed by atoms with Gasteiger partial charge in [0.1, 0.15) is 5.84 Å². The van der Waals surface area contributed by atoms with Crippen molar-refractivity contribution >= 4 is 16.7 Å². The van der Waals surface area contributed by atoms with Crippen molar-refractivity contribution in [1.29, 1.82) is 0 Å². The Hall–Kier alpha value is -2.27. The van der Waals surface area contributed by atoms with Gasteiger partial charge in [0.05, 0.1) is 0 Å². The van der Waals surface area contributed by atoms with E-state index >= 15 is 0 Å². The van der Waals surface area contributed by atoms with E-state index in [1.807, 2.05) is 25.4 Å². The predicted octanol–water partition coefficient (Wildman–Crippen LogP) is 1.89. The number of nitrogens with zero attached hydrogens (tertiary/aromatic N) is 2. The maximum Gasteiger partial charge on any atom is 0.211 e. The molecule has 2 heterocycles. The smallest absolute Gasteiger partial charge is 0.211 e. The molecule has 3 rings (SSSR count). The summed E-state index contributed by atoms with van der Waals surface area (Å²) in [4.78, 5) is 4.41. The molecule has 5 nitrogen and oxygen atoms in total. The van der Waals surface area contributed by atoms with Gasteiger partial charge in [-0.05, 0) is 30.0 Å². The molecular formula is C16H21N5. The lowest BCUT2D eigenvalue weighted by Crippen LogP contribution is -2.51. The van der Waals surface area contributed by atoms with Gasteiger partial charge in [-0.2, -0.15) is 0 Å². The lowest BCUT2D eigenvalue weighted by Gasteiger charge is -2.32. The van der Waals surface area contributed by atoms with Crippen LogP contribution in [0.5, 0.6) is 0 Å². The largest absolute Gasteiger partial charge is 0.384 e. The van der Waals surface area contributed by atoms with Gasteiger partial charge in [0, 0.05) is 30.0 Å². The van der Waals surface area contributed by atoms with E-state index in [9.17, 15) is 0 Å². The van der Waals surface area contributed by atoms with E-state index < -0.39 is 5.79 Å². The zero-order valence-corrected chi connectivity index (χ0v) is 12.4. The first-order valence-electron chi connectivity index (χ1n) is 7.20. The summed E-state index contributed by atoms with van der Waals surface area (Å²) < 4.78 is 2.07. The molecule has 1 unspecified atom stereocenters. The van der Waals surface area contributed by atoms with Crippen LogP contribution in [0.3, 0.4) is 0 Å². The summed E-state index contributed by atoms with van der Waals surface area (Å²) in [6.07, 6.45) is 5.82. The van der Waals surface area contributed by atoms with Gasteiger partial charge < -0.3 is 15.6 Å². The Morgan fingerprint density at radius 3 is 2.90 bits per heavy atom. The Morgan fingerprint density at radius 2 is 2.14 bits per heavy atom. The third kappa shape index (κ3) is 2.40. The molecule has 1 aromatic heterocycles. The van der Waals surface area contributed by atoms with Crippen molar-refractivity contribution < 1.29 is 0 Å². The van der Waals surface area contributed by atoms with Crippen LogP contribution in [0.25, 0.3) is 10.9 Å². The summed E-state index contributed by atoms with van der Waals surface area (Å²) in [5.74, 6) is -0.534. The number of aryl methyl sites for hydroxylation is 1. The minimum absolute atomic E-state index is 0.465. The number of rotatable bonds is 3. The van der Waals surface area contributed by atoms with Crippen LogP contribution in [0, 0.1) is 0 Å². The fourth-order valence-electron chi connectivity index (χ4n) is 2.76. The van der Waals surface area contributed by atoms with E-state index in [-0.39, 0.29) is 0 Å². The van der Waals surface area contributed by atoms with Crippen LogP contribution in [0.15, 0.2) is 47.2 Å². The fraction of sp³-hybridized carbons (Fsp3) is 0.312. The number of amidine groups is 1. The molecule has 21 heavy (non-hydrogen) atoms. The second-order valence-corrected chi connectivity index (χ2v) is 5.55. The van der Waals surface area contributed by atoms with E-state index in [2.05, 4.69) is 40.0 Å². The molecule has 0 saturated carbocycles. The van der Waals surface area contributed by atoms with Gasteiger partial charge in [0.25, 0.3) is 0 Å². The van der Waals surface area contributed by atoms with Crippen LogP contribution in [0.2, 0.25) is 0 Å². The van der Waals surface area contributed by atoms with Crippen LogP contribution in [-0.2, 0) is 12.8 Å². The highest BCUT2D eigenvalue weighted by molar-refractivity contribution is 5.93. The van der Waals surface area contributed by atoms with Crippen molar-refractivity contribution in [3.63, 3.8) is 0 Å². The molecule has 110 valence electrons. The molecule has 0 aliphatic carbocycles. The number of hydrogen-bond acceptors (Lipinski definition) is 4. The number of hydrogen-bond donors (Lipinski definition) is 3. The number of nitrogens with two attached hydrogens (primary N) is 2. The first-order valence-corrected chi connectivity index (χ1v) is 7.20. The van der Waals surface area contributed by atoms with Crippen LogP contribution in [-0.4, -0.2) is 10.4 Å². The zero-order valence-electron chi connectivity index (χ0n) is 12.4. The van der Waals surface area contributed by atoms with Crippen molar-refractivity contribution in [3.05, 3.63) is 47.8 Å². The van der Waals surface area contributed by atoms with Crippen molar-refractivity contribution in [3.8, 4) is 0 Å². The highest BCUT2D eigenvalue weighted by Gasteiger charge is 2.30. The van der Waals surface area contributed by atoms with Gasteiger partial charge in [0.2, 0.25) is 5.79 Å². The molecule has 1 aromatic carbocycles. The normalized spacial score (nSPS) is 21.9. The molecule has 0 saturated heterocycles. The average molecular weight is 283 g/mol. The Labute approximate surface area is 124 Å². The summed E-state index contributed by atoms with van der Waals surface area (Å²) in [6.45, 7) is 2.12. The molecule has 0 radical (unpaired) electrons. The Bertz CT molecular complexity index is 740. The summed E-state index contributed by atoms with van der Waals surface area (Å²) in [5, 5.41) is 4.50.